The Hall–Kier alpha value is -1.67. The van der Waals surface area contributed by atoms with Gasteiger partial charge in [0.05, 0.1) is 13.2 Å². The Balaban J connectivity index is 0.00000280. The van der Waals surface area contributed by atoms with Gasteiger partial charge >= 0.3 is 0 Å². The summed E-state index contributed by atoms with van der Waals surface area (Å²) in [5, 5.41) is 9.25. The second kappa shape index (κ2) is 12.0. The highest BCUT2D eigenvalue weighted by atomic mass is 35.5. The molecule has 156 valence electrons. The molecule has 3 N–H and O–H groups in total. The van der Waals surface area contributed by atoms with Crippen LogP contribution >= 0.6 is 12.4 Å². The van der Waals surface area contributed by atoms with Crippen LogP contribution in [0.15, 0.2) is 24.3 Å². The van der Waals surface area contributed by atoms with Gasteiger partial charge in [-0.1, -0.05) is 12.1 Å². The van der Waals surface area contributed by atoms with Gasteiger partial charge in [0.1, 0.15) is 0 Å². The van der Waals surface area contributed by atoms with Crippen LogP contribution in [0.4, 0.5) is 5.69 Å². The molecule has 2 fully saturated rings. The van der Waals surface area contributed by atoms with Crippen molar-refractivity contribution in [2.45, 2.75) is 25.8 Å². The SMILES string of the molecule is Cl.O=C(CCN1CCOCC1)Nc1cccc(CNC(=O)C2CCNCC2)c1. The molecule has 0 bridgehead atoms. The number of morpholine rings is 1. The second-order valence-electron chi connectivity index (χ2n) is 7.19. The maximum Gasteiger partial charge on any atom is 0.225 e. The van der Waals surface area contributed by atoms with Gasteiger partial charge in [0.15, 0.2) is 0 Å². The maximum atomic E-state index is 12.2. The van der Waals surface area contributed by atoms with Crippen molar-refractivity contribution in [2.75, 3.05) is 51.3 Å². The normalized spacial score (nSPS) is 18.1. The van der Waals surface area contributed by atoms with Crippen LogP contribution in [0.3, 0.4) is 0 Å². The first kappa shape index (κ1) is 22.6. The third kappa shape index (κ3) is 7.39. The fraction of sp³-hybridized carbons (Fsp3) is 0.600. The average Bonchev–Trinajstić information content (AvgIpc) is 2.72. The predicted molar refractivity (Wildman–Crippen MR) is 112 cm³/mol. The lowest BCUT2D eigenvalue weighted by Gasteiger charge is -2.26. The van der Waals surface area contributed by atoms with E-state index < -0.39 is 0 Å². The van der Waals surface area contributed by atoms with Gasteiger partial charge in [-0.25, -0.2) is 0 Å². The summed E-state index contributed by atoms with van der Waals surface area (Å²) in [6.07, 6.45) is 2.26. The van der Waals surface area contributed by atoms with Crippen LogP contribution in [0.1, 0.15) is 24.8 Å². The molecule has 0 aromatic heterocycles. The molecule has 2 saturated heterocycles. The summed E-state index contributed by atoms with van der Waals surface area (Å²) in [6.45, 7) is 6.31. The van der Waals surface area contributed by atoms with Crippen molar-refractivity contribution >= 4 is 29.9 Å². The Bertz CT molecular complexity index is 632. The Kier molecular flexibility index (Phi) is 9.70. The third-order valence-corrected chi connectivity index (χ3v) is 5.15. The number of anilines is 1. The number of hydrogen-bond donors (Lipinski definition) is 3. The topological polar surface area (TPSA) is 82.7 Å². The van der Waals surface area contributed by atoms with Gasteiger partial charge in [0.2, 0.25) is 11.8 Å². The summed E-state index contributed by atoms with van der Waals surface area (Å²) in [5.74, 6) is 0.239. The minimum Gasteiger partial charge on any atom is -0.379 e. The van der Waals surface area contributed by atoms with E-state index in [0.29, 0.717) is 13.0 Å². The minimum absolute atomic E-state index is 0. The van der Waals surface area contributed by atoms with Crippen LogP contribution in [0.5, 0.6) is 0 Å². The van der Waals surface area contributed by atoms with Gasteiger partial charge in [-0.05, 0) is 43.6 Å². The van der Waals surface area contributed by atoms with Crippen molar-refractivity contribution in [2.24, 2.45) is 5.92 Å². The van der Waals surface area contributed by atoms with Crippen LogP contribution in [-0.2, 0) is 20.9 Å². The Morgan fingerprint density at radius 2 is 1.93 bits per heavy atom. The molecule has 0 aliphatic carbocycles. The van der Waals surface area contributed by atoms with Crippen LogP contribution in [0.25, 0.3) is 0 Å². The van der Waals surface area contributed by atoms with Gasteiger partial charge in [-0.15, -0.1) is 12.4 Å². The second-order valence-corrected chi connectivity index (χ2v) is 7.19. The van der Waals surface area contributed by atoms with E-state index in [9.17, 15) is 9.59 Å². The van der Waals surface area contributed by atoms with E-state index in [-0.39, 0.29) is 30.1 Å². The van der Waals surface area contributed by atoms with E-state index in [1.165, 1.54) is 0 Å². The summed E-state index contributed by atoms with van der Waals surface area (Å²) in [5.41, 5.74) is 1.76. The van der Waals surface area contributed by atoms with Crippen molar-refractivity contribution in [3.63, 3.8) is 0 Å². The monoisotopic (exact) mass is 410 g/mol. The largest absolute Gasteiger partial charge is 0.379 e. The molecule has 3 rings (SSSR count). The van der Waals surface area contributed by atoms with Crippen molar-refractivity contribution in [3.8, 4) is 0 Å². The van der Waals surface area contributed by atoms with Crippen molar-refractivity contribution in [1.29, 1.82) is 0 Å². The van der Waals surface area contributed by atoms with E-state index in [4.69, 9.17) is 4.74 Å². The molecule has 0 spiro atoms. The zero-order chi connectivity index (χ0) is 18.9. The highest BCUT2D eigenvalue weighted by Crippen LogP contribution is 2.14. The molecular formula is C20H31ClN4O3. The molecule has 0 atom stereocenters. The molecule has 2 aliphatic rings. The molecule has 0 saturated carbocycles. The number of carbonyl (C=O) groups excluding carboxylic acids is 2. The summed E-state index contributed by atoms with van der Waals surface area (Å²) >= 11 is 0. The van der Waals surface area contributed by atoms with Gasteiger partial charge in [-0.3, -0.25) is 14.5 Å². The van der Waals surface area contributed by atoms with Crippen LogP contribution in [0, 0.1) is 5.92 Å². The molecule has 2 aliphatic heterocycles. The van der Waals surface area contributed by atoms with Crippen molar-refractivity contribution in [3.05, 3.63) is 29.8 Å². The molecule has 8 heteroatoms. The van der Waals surface area contributed by atoms with Crippen LogP contribution in [0.2, 0.25) is 0 Å². The Morgan fingerprint density at radius 1 is 1.18 bits per heavy atom. The Morgan fingerprint density at radius 3 is 2.68 bits per heavy atom. The fourth-order valence-electron chi connectivity index (χ4n) is 3.48. The first-order valence-electron chi connectivity index (χ1n) is 9.88. The zero-order valence-corrected chi connectivity index (χ0v) is 17.1. The lowest BCUT2D eigenvalue weighted by Crippen LogP contribution is -2.38. The zero-order valence-electron chi connectivity index (χ0n) is 16.2. The van der Waals surface area contributed by atoms with Crippen molar-refractivity contribution < 1.29 is 14.3 Å². The summed E-state index contributed by atoms with van der Waals surface area (Å²) in [7, 11) is 0. The molecule has 2 amide bonds. The maximum absolute atomic E-state index is 12.2. The number of halogens is 1. The molecule has 0 radical (unpaired) electrons. The molecule has 1 aromatic rings. The summed E-state index contributed by atoms with van der Waals surface area (Å²) in [6, 6.07) is 7.68. The molecule has 0 unspecified atom stereocenters. The first-order valence-corrected chi connectivity index (χ1v) is 9.88. The number of ether oxygens (including phenoxy) is 1. The van der Waals surface area contributed by atoms with Crippen LogP contribution < -0.4 is 16.0 Å². The quantitative estimate of drug-likeness (QED) is 0.632. The lowest BCUT2D eigenvalue weighted by atomic mass is 9.97. The van der Waals surface area contributed by atoms with E-state index in [2.05, 4.69) is 20.9 Å². The summed E-state index contributed by atoms with van der Waals surface area (Å²) in [4.78, 5) is 26.7. The number of carbonyl (C=O) groups is 2. The first-order chi connectivity index (χ1) is 13.2. The molecular weight excluding hydrogens is 380 g/mol. The van der Waals surface area contributed by atoms with Gasteiger partial charge < -0.3 is 20.7 Å². The number of nitrogens with zero attached hydrogens (tertiary/aromatic N) is 1. The fourth-order valence-corrected chi connectivity index (χ4v) is 3.48. The number of hydrogen-bond acceptors (Lipinski definition) is 5. The molecule has 28 heavy (non-hydrogen) atoms. The smallest absolute Gasteiger partial charge is 0.225 e. The number of rotatable bonds is 7. The van der Waals surface area contributed by atoms with E-state index in [1.54, 1.807) is 0 Å². The number of piperidine rings is 1. The van der Waals surface area contributed by atoms with Crippen LogP contribution in [-0.4, -0.2) is 62.7 Å². The van der Waals surface area contributed by atoms with E-state index in [1.807, 2.05) is 24.3 Å². The predicted octanol–water partition coefficient (Wildman–Crippen LogP) is 1.39. The standard InChI is InChI=1S/C20H30N4O3.ClH/c25-19(6-9-24-10-12-27-13-11-24)23-18-3-1-2-16(14-18)15-22-20(26)17-4-7-21-8-5-17;/h1-3,14,17,21H,4-13,15H2,(H,22,26)(H,23,25);1H. The number of amides is 2. The van der Waals surface area contributed by atoms with Gasteiger partial charge in [0, 0.05) is 44.2 Å². The minimum atomic E-state index is 0. The summed E-state index contributed by atoms with van der Waals surface area (Å²) < 4.78 is 5.32. The van der Waals surface area contributed by atoms with Gasteiger partial charge in [0.25, 0.3) is 0 Å². The molecule has 2 heterocycles. The number of nitrogens with one attached hydrogen (secondary N) is 3. The third-order valence-electron chi connectivity index (χ3n) is 5.15. The molecule has 1 aromatic carbocycles. The highest BCUT2D eigenvalue weighted by molar-refractivity contribution is 5.90. The van der Waals surface area contributed by atoms with E-state index >= 15 is 0 Å². The lowest BCUT2D eigenvalue weighted by molar-refractivity contribution is -0.126. The van der Waals surface area contributed by atoms with Crippen molar-refractivity contribution in [1.82, 2.24) is 15.5 Å². The molecule has 7 nitrogen and oxygen atoms in total. The number of benzene rings is 1. The highest BCUT2D eigenvalue weighted by Gasteiger charge is 2.20. The van der Waals surface area contributed by atoms with E-state index in [0.717, 1.165) is 70.0 Å². The Labute approximate surface area is 173 Å². The van der Waals surface area contributed by atoms with Gasteiger partial charge in [-0.2, -0.15) is 0 Å². The average molecular weight is 411 g/mol.